The average Bonchev–Trinajstić information content (AvgIpc) is 3.34. The zero-order chi connectivity index (χ0) is 24.5. The fourth-order valence-electron chi connectivity index (χ4n) is 5.02. The Balaban J connectivity index is 1.40. The van der Waals surface area contributed by atoms with Crippen LogP contribution in [0.1, 0.15) is 15.9 Å². The van der Waals surface area contributed by atoms with Crippen LogP contribution in [0.4, 0.5) is 5.82 Å². The third kappa shape index (κ3) is 3.90. The van der Waals surface area contributed by atoms with Crippen molar-refractivity contribution in [1.82, 2.24) is 19.4 Å². The van der Waals surface area contributed by atoms with Gasteiger partial charge in [-0.15, -0.1) is 0 Å². The summed E-state index contributed by atoms with van der Waals surface area (Å²) in [6.07, 6.45) is 3.83. The predicted octanol–water partition coefficient (Wildman–Crippen LogP) is 5.36. The van der Waals surface area contributed by atoms with Crippen molar-refractivity contribution in [2.24, 2.45) is 0 Å². The third-order valence-electron chi connectivity index (χ3n) is 6.91. The molecule has 1 fully saturated rings. The van der Waals surface area contributed by atoms with Gasteiger partial charge in [0, 0.05) is 49.2 Å². The predicted molar refractivity (Wildman–Crippen MR) is 144 cm³/mol. The molecule has 1 aliphatic rings. The molecule has 0 saturated carbocycles. The third-order valence-corrected chi connectivity index (χ3v) is 6.91. The van der Waals surface area contributed by atoms with Crippen LogP contribution in [0.3, 0.4) is 0 Å². The Morgan fingerprint density at radius 1 is 0.778 bits per heavy atom. The Hall–Kier alpha value is -4.45. The largest absolute Gasteiger partial charge is 0.352 e. The molecule has 5 aromatic rings. The number of carbonyl (C=O) groups is 1. The van der Waals surface area contributed by atoms with E-state index in [0.717, 1.165) is 39.2 Å². The SMILES string of the molecule is Cc1ccccc1-n1cc(-c2ccccc2)c2c(N3CCN(C(=O)c4ccccc4)CC3)ncnc21. The van der Waals surface area contributed by atoms with E-state index in [2.05, 4.69) is 71.1 Å². The van der Waals surface area contributed by atoms with Gasteiger partial charge in [0.05, 0.1) is 5.39 Å². The molecule has 0 bridgehead atoms. The lowest BCUT2D eigenvalue weighted by Crippen LogP contribution is -2.49. The molecule has 36 heavy (non-hydrogen) atoms. The van der Waals surface area contributed by atoms with Crippen molar-refractivity contribution in [3.8, 4) is 16.8 Å². The first-order valence-corrected chi connectivity index (χ1v) is 12.3. The molecule has 0 spiro atoms. The first-order chi connectivity index (χ1) is 17.7. The molecule has 0 radical (unpaired) electrons. The molecule has 1 amide bonds. The highest BCUT2D eigenvalue weighted by Crippen LogP contribution is 2.37. The standard InChI is InChI=1S/C30H27N5O/c1-22-10-8-9-15-26(22)35-20-25(23-11-4-2-5-12-23)27-28(31-21-32-29(27)35)33-16-18-34(19-17-33)30(36)24-13-6-3-7-14-24/h2-15,20-21H,16-19H2,1H3. The van der Waals surface area contributed by atoms with Gasteiger partial charge in [-0.25, -0.2) is 9.97 Å². The molecule has 6 heteroatoms. The summed E-state index contributed by atoms with van der Waals surface area (Å²) in [6.45, 7) is 4.86. The highest BCUT2D eigenvalue weighted by atomic mass is 16.2. The second kappa shape index (κ2) is 9.30. The summed E-state index contributed by atoms with van der Waals surface area (Å²) in [5.41, 5.74) is 6.14. The number of rotatable bonds is 4. The van der Waals surface area contributed by atoms with Gasteiger partial charge in [0.1, 0.15) is 12.1 Å². The van der Waals surface area contributed by atoms with E-state index in [1.165, 1.54) is 5.56 Å². The zero-order valence-corrected chi connectivity index (χ0v) is 20.2. The van der Waals surface area contributed by atoms with Crippen LogP contribution in [-0.2, 0) is 0 Å². The fourth-order valence-corrected chi connectivity index (χ4v) is 5.02. The smallest absolute Gasteiger partial charge is 0.253 e. The Labute approximate surface area is 210 Å². The monoisotopic (exact) mass is 473 g/mol. The number of nitrogens with zero attached hydrogens (tertiary/aromatic N) is 5. The van der Waals surface area contributed by atoms with E-state index in [-0.39, 0.29) is 5.91 Å². The van der Waals surface area contributed by atoms with Crippen molar-refractivity contribution in [3.63, 3.8) is 0 Å². The van der Waals surface area contributed by atoms with Crippen LogP contribution >= 0.6 is 0 Å². The molecule has 6 rings (SSSR count). The van der Waals surface area contributed by atoms with Crippen LogP contribution < -0.4 is 4.90 Å². The van der Waals surface area contributed by atoms with Crippen molar-refractivity contribution < 1.29 is 4.79 Å². The summed E-state index contributed by atoms with van der Waals surface area (Å²) in [7, 11) is 0. The number of carbonyl (C=O) groups excluding carboxylic acids is 1. The van der Waals surface area contributed by atoms with Crippen LogP contribution in [0.2, 0.25) is 0 Å². The maximum Gasteiger partial charge on any atom is 0.253 e. The van der Waals surface area contributed by atoms with Gasteiger partial charge in [-0.1, -0.05) is 66.7 Å². The van der Waals surface area contributed by atoms with Crippen LogP contribution in [0, 0.1) is 6.92 Å². The molecule has 0 unspecified atom stereocenters. The van der Waals surface area contributed by atoms with Gasteiger partial charge < -0.3 is 14.4 Å². The second-order valence-electron chi connectivity index (χ2n) is 9.11. The van der Waals surface area contributed by atoms with E-state index >= 15 is 0 Å². The van der Waals surface area contributed by atoms with Crippen molar-refractivity contribution in [1.29, 1.82) is 0 Å². The van der Waals surface area contributed by atoms with Gasteiger partial charge in [-0.3, -0.25) is 4.79 Å². The molecule has 6 nitrogen and oxygen atoms in total. The molecule has 3 heterocycles. The van der Waals surface area contributed by atoms with Crippen LogP contribution in [0.15, 0.2) is 97.5 Å². The summed E-state index contributed by atoms with van der Waals surface area (Å²) in [5.74, 6) is 0.997. The topological polar surface area (TPSA) is 54.3 Å². The lowest BCUT2D eigenvalue weighted by Gasteiger charge is -2.35. The van der Waals surface area contributed by atoms with Crippen molar-refractivity contribution in [2.75, 3.05) is 31.1 Å². The normalized spacial score (nSPS) is 13.8. The molecule has 0 aliphatic carbocycles. The molecule has 2 aromatic heterocycles. The van der Waals surface area contributed by atoms with Crippen molar-refractivity contribution in [3.05, 3.63) is 109 Å². The Kier molecular flexibility index (Phi) is 5.70. The minimum atomic E-state index is 0.0822. The Morgan fingerprint density at radius 3 is 2.17 bits per heavy atom. The van der Waals surface area contributed by atoms with Gasteiger partial charge in [-0.05, 0) is 36.2 Å². The van der Waals surface area contributed by atoms with Gasteiger partial charge in [0.25, 0.3) is 5.91 Å². The fraction of sp³-hybridized carbons (Fsp3) is 0.167. The number of anilines is 1. The molecule has 178 valence electrons. The summed E-state index contributed by atoms with van der Waals surface area (Å²) >= 11 is 0. The molecule has 0 N–H and O–H groups in total. The minimum absolute atomic E-state index is 0.0822. The number of aromatic nitrogens is 3. The second-order valence-corrected chi connectivity index (χ2v) is 9.11. The van der Waals surface area contributed by atoms with Gasteiger partial charge in [0.15, 0.2) is 5.65 Å². The Morgan fingerprint density at radius 2 is 1.44 bits per heavy atom. The van der Waals surface area contributed by atoms with E-state index in [0.29, 0.717) is 26.2 Å². The van der Waals surface area contributed by atoms with Crippen LogP contribution in [0.5, 0.6) is 0 Å². The lowest BCUT2D eigenvalue weighted by atomic mass is 10.1. The molecular weight excluding hydrogens is 446 g/mol. The molecule has 1 aliphatic heterocycles. The first kappa shape index (κ1) is 22.0. The first-order valence-electron chi connectivity index (χ1n) is 12.3. The van der Waals surface area contributed by atoms with Gasteiger partial charge in [0.2, 0.25) is 0 Å². The Bertz CT molecular complexity index is 1520. The summed E-state index contributed by atoms with van der Waals surface area (Å²) < 4.78 is 2.17. The average molecular weight is 474 g/mol. The maximum absolute atomic E-state index is 13.0. The molecule has 3 aromatic carbocycles. The van der Waals surface area contributed by atoms with E-state index in [4.69, 9.17) is 9.97 Å². The van der Waals surface area contributed by atoms with E-state index < -0.39 is 0 Å². The highest BCUT2D eigenvalue weighted by molar-refractivity contribution is 6.02. The number of hydrogen-bond acceptors (Lipinski definition) is 4. The number of amides is 1. The van der Waals surface area contributed by atoms with Gasteiger partial charge in [-0.2, -0.15) is 0 Å². The van der Waals surface area contributed by atoms with Gasteiger partial charge >= 0.3 is 0 Å². The summed E-state index contributed by atoms with van der Waals surface area (Å²) in [4.78, 5) is 26.7. The molecular formula is C30H27N5O. The van der Waals surface area contributed by atoms with Crippen molar-refractivity contribution >= 4 is 22.8 Å². The number of fused-ring (bicyclic) bond motifs is 1. The number of para-hydroxylation sites is 1. The molecule has 0 atom stereocenters. The minimum Gasteiger partial charge on any atom is -0.352 e. The summed E-state index contributed by atoms with van der Waals surface area (Å²) in [5, 5.41) is 1.04. The molecule has 1 saturated heterocycles. The quantitative estimate of drug-likeness (QED) is 0.353. The van der Waals surface area contributed by atoms with Crippen molar-refractivity contribution in [2.45, 2.75) is 6.92 Å². The number of aryl methyl sites for hydroxylation is 1. The number of hydrogen-bond donors (Lipinski definition) is 0. The van der Waals surface area contributed by atoms with Crippen LogP contribution in [-0.4, -0.2) is 51.5 Å². The summed E-state index contributed by atoms with van der Waals surface area (Å²) in [6, 6.07) is 28.3. The highest BCUT2D eigenvalue weighted by Gasteiger charge is 2.26. The van der Waals surface area contributed by atoms with Crippen LogP contribution in [0.25, 0.3) is 27.8 Å². The van der Waals surface area contributed by atoms with E-state index in [1.807, 2.05) is 41.3 Å². The number of benzene rings is 3. The van der Waals surface area contributed by atoms with E-state index in [1.54, 1.807) is 6.33 Å². The lowest BCUT2D eigenvalue weighted by molar-refractivity contribution is 0.0746. The van der Waals surface area contributed by atoms with E-state index in [9.17, 15) is 4.79 Å². The maximum atomic E-state index is 13.0. The number of piperazine rings is 1. The zero-order valence-electron chi connectivity index (χ0n) is 20.2.